The zero-order valence-corrected chi connectivity index (χ0v) is 8.07. The van der Waals surface area contributed by atoms with Crippen molar-refractivity contribution >= 4 is 5.97 Å². The molecule has 3 heteroatoms. The summed E-state index contributed by atoms with van der Waals surface area (Å²) < 4.78 is 0. The average Bonchev–Trinajstić information content (AvgIpc) is 2.45. The SMILES string of the molecule is CN1[C@H](C(=O)O)C[C@@H]2CCCC[C@@H]21. The summed E-state index contributed by atoms with van der Waals surface area (Å²) in [6.07, 6.45) is 5.87. The zero-order valence-electron chi connectivity index (χ0n) is 8.07. The van der Waals surface area contributed by atoms with Crippen LogP contribution in [-0.2, 0) is 4.79 Å². The Morgan fingerprint density at radius 1 is 1.38 bits per heavy atom. The lowest BCUT2D eigenvalue weighted by atomic mass is 9.85. The summed E-state index contributed by atoms with van der Waals surface area (Å²) in [7, 11) is 1.97. The Morgan fingerprint density at radius 2 is 2.08 bits per heavy atom. The van der Waals surface area contributed by atoms with E-state index in [1.165, 1.54) is 25.7 Å². The van der Waals surface area contributed by atoms with E-state index in [4.69, 9.17) is 5.11 Å². The third kappa shape index (κ3) is 1.46. The maximum Gasteiger partial charge on any atom is 0.320 e. The van der Waals surface area contributed by atoms with E-state index in [1.807, 2.05) is 7.05 Å². The second-order valence-electron chi connectivity index (χ2n) is 4.37. The molecule has 0 spiro atoms. The van der Waals surface area contributed by atoms with E-state index in [0.29, 0.717) is 12.0 Å². The van der Waals surface area contributed by atoms with E-state index in [9.17, 15) is 4.79 Å². The molecule has 1 N–H and O–H groups in total. The van der Waals surface area contributed by atoms with Gasteiger partial charge in [-0.25, -0.2) is 0 Å². The van der Waals surface area contributed by atoms with Crippen molar-refractivity contribution in [2.45, 2.75) is 44.2 Å². The van der Waals surface area contributed by atoms with Gasteiger partial charge in [0.1, 0.15) is 6.04 Å². The average molecular weight is 183 g/mol. The third-order valence-corrected chi connectivity index (χ3v) is 3.69. The van der Waals surface area contributed by atoms with E-state index in [0.717, 1.165) is 6.42 Å². The molecule has 0 unspecified atom stereocenters. The first-order chi connectivity index (χ1) is 6.20. The Morgan fingerprint density at radius 3 is 2.69 bits per heavy atom. The van der Waals surface area contributed by atoms with Crippen molar-refractivity contribution in [3.05, 3.63) is 0 Å². The van der Waals surface area contributed by atoms with Gasteiger partial charge in [-0.15, -0.1) is 0 Å². The minimum absolute atomic E-state index is 0.215. The highest BCUT2D eigenvalue weighted by Crippen LogP contribution is 2.38. The highest BCUT2D eigenvalue weighted by Gasteiger charge is 2.42. The topological polar surface area (TPSA) is 40.5 Å². The van der Waals surface area contributed by atoms with Crippen molar-refractivity contribution in [2.24, 2.45) is 5.92 Å². The van der Waals surface area contributed by atoms with Crippen molar-refractivity contribution in [1.29, 1.82) is 0 Å². The van der Waals surface area contributed by atoms with Crippen LogP contribution < -0.4 is 0 Å². The van der Waals surface area contributed by atoms with Crippen molar-refractivity contribution in [1.82, 2.24) is 4.90 Å². The largest absolute Gasteiger partial charge is 0.480 e. The van der Waals surface area contributed by atoms with Crippen LogP contribution in [0.5, 0.6) is 0 Å². The number of carboxylic acid groups (broad SMARTS) is 1. The maximum absolute atomic E-state index is 10.9. The highest BCUT2D eigenvalue weighted by molar-refractivity contribution is 5.74. The first kappa shape index (κ1) is 9.00. The van der Waals surface area contributed by atoms with Crippen molar-refractivity contribution in [2.75, 3.05) is 7.05 Å². The van der Waals surface area contributed by atoms with Crippen LogP contribution in [0.1, 0.15) is 32.1 Å². The molecule has 13 heavy (non-hydrogen) atoms. The van der Waals surface area contributed by atoms with Crippen molar-refractivity contribution in [3.63, 3.8) is 0 Å². The molecule has 1 heterocycles. The minimum atomic E-state index is -0.642. The van der Waals surface area contributed by atoms with Crippen LogP contribution >= 0.6 is 0 Å². The Bertz CT molecular complexity index is 217. The molecule has 2 aliphatic rings. The van der Waals surface area contributed by atoms with Gasteiger partial charge < -0.3 is 5.11 Å². The second kappa shape index (κ2) is 3.29. The van der Waals surface area contributed by atoms with Gasteiger partial charge in [-0.1, -0.05) is 12.8 Å². The van der Waals surface area contributed by atoms with Crippen LogP contribution in [0, 0.1) is 5.92 Å². The molecule has 0 amide bonds. The maximum atomic E-state index is 10.9. The van der Waals surface area contributed by atoms with Crippen LogP contribution in [0.15, 0.2) is 0 Å². The van der Waals surface area contributed by atoms with Gasteiger partial charge in [-0.2, -0.15) is 0 Å². The molecule has 3 atom stereocenters. The lowest BCUT2D eigenvalue weighted by Gasteiger charge is -2.29. The summed E-state index contributed by atoms with van der Waals surface area (Å²) in [6.45, 7) is 0. The van der Waals surface area contributed by atoms with E-state index in [-0.39, 0.29) is 6.04 Å². The Hall–Kier alpha value is -0.570. The van der Waals surface area contributed by atoms with Crippen LogP contribution in [0.4, 0.5) is 0 Å². The molecule has 3 nitrogen and oxygen atoms in total. The summed E-state index contributed by atoms with van der Waals surface area (Å²) in [4.78, 5) is 13.0. The van der Waals surface area contributed by atoms with Crippen LogP contribution in [0.3, 0.4) is 0 Å². The quantitative estimate of drug-likeness (QED) is 0.666. The molecule has 0 aromatic carbocycles. The predicted molar refractivity (Wildman–Crippen MR) is 49.5 cm³/mol. The van der Waals surface area contributed by atoms with Crippen LogP contribution in [0.25, 0.3) is 0 Å². The van der Waals surface area contributed by atoms with E-state index in [1.54, 1.807) is 0 Å². The number of hydrogen-bond acceptors (Lipinski definition) is 2. The van der Waals surface area contributed by atoms with Gasteiger partial charge in [0, 0.05) is 6.04 Å². The molecule has 2 rings (SSSR count). The molecule has 1 aliphatic carbocycles. The molecular weight excluding hydrogens is 166 g/mol. The highest BCUT2D eigenvalue weighted by atomic mass is 16.4. The summed E-state index contributed by atoms with van der Waals surface area (Å²) in [5.41, 5.74) is 0. The van der Waals surface area contributed by atoms with Gasteiger partial charge in [-0.3, -0.25) is 9.69 Å². The van der Waals surface area contributed by atoms with Gasteiger partial charge in [-0.05, 0) is 32.2 Å². The number of fused-ring (bicyclic) bond motifs is 1. The molecule has 1 aliphatic heterocycles. The smallest absolute Gasteiger partial charge is 0.320 e. The molecule has 1 saturated carbocycles. The summed E-state index contributed by atoms with van der Waals surface area (Å²) >= 11 is 0. The van der Waals surface area contributed by atoms with E-state index >= 15 is 0 Å². The first-order valence-electron chi connectivity index (χ1n) is 5.15. The number of carbonyl (C=O) groups is 1. The first-order valence-corrected chi connectivity index (χ1v) is 5.15. The van der Waals surface area contributed by atoms with Crippen molar-refractivity contribution in [3.8, 4) is 0 Å². The number of hydrogen-bond donors (Lipinski definition) is 1. The van der Waals surface area contributed by atoms with Gasteiger partial charge in [0.05, 0.1) is 0 Å². The summed E-state index contributed by atoms with van der Waals surface area (Å²) in [5, 5.41) is 8.99. The fourth-order valence-corrected chi connectivity index (χ4v) is 2.96. The van der Waals surface area contributed by atoms with Crippen molar-refractivity contribution < 1.29 is 9.90 Å². The van der Waals surface area contributed by atoms with Gasteiger partial charge >= 0.3 is 5.97 Å². The Kier molecular flexibility index (Phi) is 2.28. The van der Waals surface area contributed by atoms with Gasteiger partial charge in [0.2, 0.25) is 0 Å². The van der Waals surface area contributed by atoms with Crippen LogP contribution in [-0.4, -0.2) is 35.1 Å². The van der Waals surface area contributed by atoms with E-state index in [2.05, 4.69) is 4.90 Å². The number of rotatable bonds is 1. The molecule has 0 aromatic heterocycles. The predicted octanol–water partition coefficient (Wildman–Crippen LogP) is 1.33. The third-order valence-electron chi connectivity index (χ3n) is 3.69. The summed E-state index contributed by atoms with van der Waals surface area (Å²) in [5.74, 6) is 0.0109. The second-order valence-corrected chi connectivity index (χ2v) is 4.37. The molecular formula is C10H17NO2. The Labute approximate surface area is 78.7 Å². The van der Waals surface area contributed by atoms with Gasteiger partial charge in [0.15, 0.2) is 0 Å². The molecule has 0 aromatic rings. The summed E-state index contributed by atoms with van der Waals surface area (Å²) in [6, 6.07) is 0.336. The zero-order chi connectivity index (χ0) is 9.42. The molecule has 1 saturated heterocycles. The fourth-order valence-electron chi connectivity index (χ4n) is 2.96. The number of carboxylic acids is 1. The number of nitrogens with zero attached hydrogens (tertiary/aromatic N) is 1. The Balaban J connectivity index is 2.09. The fraction of sp³-hybridized carbons (Fsp3) is 0.900. The van der Waals surface area contributed by atoms with E-state index < -0.39 is 5.97 Å². The monoisotopic (exact) mass is 183 g/mol. The minimum Gasteiger partial charge on any atom is -0.480 e. The molecule has 2 fully saturated rings. The standard InChI is InChI=1S/C10H17NO2/c1-11-8-5-3-2-4-7(8)6-9(11)10(12)13/h7-9H,2-6H2,1H3,(H,12,13)/t7-,8-,9-/m0/s1. The molecule has 0 radical (unpaired) electrons. The molecule has 0 bridgehead atoms. The van der Waals surface area contributed by atoms with Gasteiger partial charge in [0.25, 0.3) is 0 Å². The number of likely N-dealkylation sites (N-methyl/N-ethyl adjacent to an activating group) is 1. The number of aliphatic carboxylic acids is 1. The number of likely N-dealkylation sites (tertiary alicyclic amines) is 1. The normalized spacial score (nSPS) is 40.2. The lowest BCUT2D eigenvalue weighted by Crippen LogP contribution is -2.38. The lowest BCUT2D eigenvalue weighted by molar-refractivity contribution is -0.142. The van der Waals surface area contributed by atoms with Crippen LogP contribution in [0.2, 0.25) is 0 Å². The molecule has 74 valence electrons.